The third kappa shape index (κ3) is 20.2. The van der Waals surface area contributed by atoms with Crippen molar-refractivity contribution in [3.8, 4) is 0 Å². The highest BCUT2D eigenvalue weighted by Crippen LogP contribution is 2.14. The van der Waals surface area contributed by atoms with E-state index >= 15 is 0 Å². The minimum absolute atomic E-state index is 0.0927. The monoisotopic (exact) mass is 372 g/mol. The molecule has 158 valence electrons. The lowest BCUT2D eigenvalue weighted by Gasteiger charge is -2.15. The number of hydrogen-bond donors (Lipinski definition) is 1. The quantitative estimate of drug-likeness (QED) is 0.216. The van der Waals surface area contributed by atoms with Crippen LogP contribution >= 0.6 is 0 Å². The predicted octanol–water partition coefficient (Wildman–Crippen LogP) is 6.66. The van der Waals surface area contributed by atoms with E-state index in [9.17, 15) is 0 Å². The van der Waals surface area contributed by atoms with Gasteiger partial charge in [0.05, 0.1) is 25.9 Å². The van der Waals surface area contributed by atoms with Crippen molar-refractivity contribution in [2.45, 2.75) is 122 Å². The molecule has 0 radical (unpaired) electrons. The Kier molecular flexibility index (Phi) is 22.8. The average molecular weight is 373 g/mol. The molecule has 0 aliphatic carbocycles. The van der Waals surface area contributed by atoms with E-state index in [1.807, 2.05) is 0 Å². The lowest BCUT2D eigenvalue weighted by atomic mass is 10.0. The fourth-order valence-corrected chi connectivity index (χ4v) is 3.47. The van der Waals surface area contributed by atoms with Gasteiger partial charge in [0.15, 0.2) is 0 Å². The van der Waals surface area contributed by atoms with Crippen LogP contribution < -0.4 is 0 Å². The van der Waals surface area contributed by atoms with E-state index in [1.54, 1.807) is 7.11 Å². The number of aliphatic hydroxyl groups is 1. The van der Waals surface area contributed by atoms with Crippen molar-refractivity contribution >= 4 is 0 Å². The molecule has 0 aromatic heterocycles. The first-order valence-electron chi connectivity index (χ1n) is 11.6. The maximum absolute atomic E-state index is 8.71. The van der Waals surface area contributed by atoms with Gasteiger partial charge in [-0.25, -0.2) is 0 Å². The summed E-state index contributed by atoms with van der Waals surface area (Å²) in [6.07, 6.45) is 23.7. The van der Waals surface area contributed by atoms with E-state index in [0.29, 0.717) is 13.2 Å². The molecule has 0 aliphatic rings. The molecule has 0 spiro atoms. The Morgan fingerprint density at radius 1 is 0.654 bits per heavy atom. The van der Waals surface area contributed by atoms with Crippen LogP contribution in [0.25, 0.3) is 0 Å². The maximum Gasteiger partial charge on any atom is 0.0804 e. The molecule has 1 atom stereocenters. The first kappa shape index (κ1) is 25.9. The third-order valence-corrected chi connectivity index (χ3v) is 5.25. The zero-order valence-corrected chi connectivity index (χ0v) is 18.0. The van der Waals surface area contributed by atoms with E-state index in [0.717, 1.165) is 6.42 Å². The summed E-state index contributed by atoms with van der Waals surface area (Å²) in [4.78, 5) is 0. The highest BCUT2D eigenvalue weighted by atomic mass is 16.5. The Morgan fingerprint density at radius 3 is 1.46 bits per heavy atom. The summed E-state index contributed by atoms with van der Waals surface area (Å²) < 4.78 is 10.8. The average Bonchev–Trinajstić information content (AvgIpc) is 2.66. The van der Waals surface area contributed by atoms with Gasteiger partial charge in [-0.3, -0.25) is 0 Å². The first-order chi connectivity index (χ1) is 12.8. The number of hydrogen-bond acceptors (Lipinski definition) is 3. The summed E-state index contributed by atoms with van der Waals surface area (Å²) in [6.45, 7) is 3.40. The van der Waals surface area contributed by atoms with Gasteiger partial charge >= 0.3 is 0 Å². The number of ether oxygens (including phenoxy) is 2. The number of rotatable bonds is 22. The molecule has 0 aliphatic heterocycles. The van der Waals surface area contributed by atoms with E-state index in [-0.39, 0.29) is 12.7 Å². The van der Waals surface area contributed by atoms with Crippen molar-refractivity contribution in [2.24, 2.45) is 0 Å². The van der Waals surface area contributed by atoms with Crippen LogP contribution in [0.3, 0.4) is 0 Å². The summed E-state index contributed by atoms with van der Waals surface area (Å²) in [6, 6.07) is 0. The van der Waals surface area contributed by atoms with Crippen LogP contribution in [0.1, 0.15) is 116 Å². The molecule has 26 heavy (non-hydrogen) atoms. The van der Waals surface area contributed by atoms with E-state index < -0.39 is 0 Å². The van der Waals surface area contributed by atoms with Gasteiger partial charge in [-0.1, -0.05) is 110 Å². The smallest absolute Gasteiger partial charge is 0.0804 e. The Hall–Kier alpha value is -0.120. The van der Waals surface area contributed by atoms with Crippen molar-refractivity contribution < 1.29 is 14.6 Å². The molecule has 0 rings (SSSR count). The van der Waals surface area contributed by atoms with Gasteiger partial charge in [0.25, 0.3) is 0 Å². The summed E-state index contributed by atoms with van der Waals surface area (Å²) in [5.41, 5.74) is 0. The molecule has 0 aromatic rings. The molecule has 3 nitrogen and oxygen atoms in total. The Balaban J connectivity index is 3.14. The van der Waals surface area contributed by atoms with Gasteiger partial charge in [0.2, 0.25) is 0 Å². The molecule has 0 amide bonds. The molecular weight excluding hydrogens is 324 g/mol. The van der Waals surface area contributed by atoms with Crippen LogP contribution in [0, 0.1) is 0 Å². The summed E-state index contributed by atoms with van der Waals surface area (Å²) in [5, 5.41) is 8.71. The molecular formula is C23H48O3. The van der Waals surface area contributed by atoms with Gasteiger partial charge in [0.1, 0.15) is 0 Å². The Morgan fingerprint density at radius 2 is 1.08 bits per heavy atom. The largest absolute Gasteiger partial charge is 0.394 e. The van der Waals surface area contributed by atoms with Gasteiger partial charge in [-0.05, 0) is 6.42 Å². The highest BCUT2D eigenvalue weighted by molar-refractivity contribution is 4.57. The molecule has 0 bridgehead atoms. The maximum atomic E-state index is 8.71. The zero-order chi connectivity index (χ0) is 19.1. The molecule has 1 N–H and O–H groups in total. The van der Waals surface area contributed by atoms with Gasteiger partial charge in [0, 0.05) is 7.11 Å². The van der Waals surface area contributed by atoms with E-state index in [2.05, 4.69) is 6.92 Å². The summed E-state index contributed by atoms with van der Waals surface area (Å²) in [5.74, 6) is 0. The van der Waals surface area contributed by atoms with Crippen LogP contribution in [0.2, 0.25) is 0 Å². The van der Waals surface area contributed by atoms with Crippen LogP contribution in [0.4, 0.5) is 0 Å². The highest BCUT2D eigenvalue weighted by Gasteiger charge is 2.06. The number of aliphatic hydroxyl groups excluding tert-OH is 1. The SMILES string of the molecule is CCCCCCCCCCCCCCCCCCC(COCCO)OC. The van der Waals surface area contributed by atoms with Crippen molar-refractivity contribution in [3.63, 3.8) is 0 Å². The van der Waals surface area contributed by atoms with Crippen LogP contribution in [0.15, 0.2) is 0 Å². The first-order valence-corrected chi connectivity index (χ1v) is 11.6. The van der Waals surface area contributed by atoms with Crippen molar-refractivity contribution in [1.29, 1.82) is 0 Å². The molecule has 0 heterocycles. The summed E-state index contributed by atoms with van der Waals surface area (Å²) in [7, 11) is 1.75. The van der Waals surface area contributed by atoms with Crippen LogP contribution in [0.5, 0.6) is 0 Å². The number of methoxy groups -OCH3 is 1. The lowest BCUT2D eigenvalue weighted by Crippen LogP contribution is -2.19. The standard InChI is InChI=1S/C23H48O3/c1-3-4-5-6-7-8-9-10-11-12-13-14-15-16-17-18-19-23(25-2)22-26-21-20-24/h23-24H,3-22H2,1-2H3. The van der Waals surface area contributed by atoms with Gasteiger partial charge in [-0.2, -0.15) is 0 Å². The molecule has 1 unspecified atom stereocenters. The molecule has 0 aromatic carbocycles. The minimum atomic E-state index is 0.0927. The predicted molar refractivity (Wildman–Crippen MR) is 113 cm³/mol. The van der Waals surface area contributed by atoms with Gasteiger partial charge < -0.3 is 14.6 Å². The molecule has 0 fully saturated rings. The second-order valence-electron chi connectivity index (χ2n) is 7.75. The number of unbranched alkanes of at least 4 members (excludes halogenated alkanes) is 15. The second-order valence-corrected chi connectivity index (χ2v) is 7.75. The zero-order valence-electron chi connectivity index (χ0n) is 18.0. The minimum Gasteiger partial charge on any atom is -0.394 e. The Bertz CT molecular complexity index is 246. The van der Waals surface area contributed by atoms with Crippen molar-refractivity contribution in [1.82, 2.24) is 0 Å². The third-order valence-electron chi connectivity index (χ3n) is 5.25. The van der Waals surface area contributed by atoms with Crippen LogP contribution in [-0.2, 0) is 9.47 Å². The topological polar surface area (TPSA) is 38.7 Å². The fraction of sp³-hybridized carbons (Fsp3) is 1.00. The van der Waals surface area contributed by atoms with Crippen molar-refractivity contribution in [3.05, 3.63) is 0 Å². The molecule has 0 saturated carbocycles. The van der Waals surface area contributed by atoms with E-state index in [4.69, 9.17) is 14.6 Å². The van der Waals surface area contributed by atoms with Gasteiger partial charge in [-0.15, -0.1) is 0 Å². The molecule has 0 saturated heterocycles. The normalized spacial score (nSPS) is 12.6. The summed E-state index contributed by atoms with van der Waals surface area (Å²) >= 11 is 0. The Labute approximate surface area is 164 Å². The second kappa shape index (κ2) is 22.9. The fourth-order valence-electron chi connectivity index (χ4n) is 3.47. The van der Waals surface area contributed by atoms with Crippen molar-refractivity contribution in [2.75, 3.05) is 26.9 Å². The molecule has 3 heteroatoms. The van der Waals surface area contributed by atoms with E-state index in [1.165, 1.54) is 103 Å². The van der Waals surface area contributed by atoms with Crippen LogP contribution in [-0.4, -0.2) is 38.1 Å². The lowest BCUT2D eigenvalue weighted by molar-refractivity contribution is -0.00641.